The summed E-state index contributed by atoms with van der Waals surface area (Å²) in [5, 5.41) is 7.06. The molecule has 0 aliphatic rings. The van der Waals surface area contributed by atoms with Gasteiger partial charge < -0.3 is 5.32 Å². The van der Waals surface area contributed by atoms with Crippen molar-refractivity contribution in [2.45, 2.75) is 38.4 Å². The van der Waals surface area contributed by atoms with Gasteiger partial charge >= 0.3 is 0 Å². The van der Waals surface area contributed by atoms with Gasteiger partial charge in [-0.05, 0) is 29.5 Å². The van der Waals surface area contributed by atoms with E-state index in [-0.39, 0.29) is 0 Å². The van der Waals surface area contributed by atoms with Crippen molar-refractivity contribution in [2.75, 3.05) is 0 Å². The number of aromatic nitrogens is 3. The summed E-state index contributed by atoms with van der Waals surface area (Å²) in [7, 11) is 0. The van der Waals surface area contributed by atoms with E-state index in [1.165, 1.54) is 6.33 Å². The molecule has 136 valence electrons. The lowest BCUT2D eigenvalue weighted by molar-refractivity contribution is 0.0933. The zero-order valence-electron chi connectivity index (χ0n) is 14.4. The SMILES string of the molecule is FC(F)[C@H](CCc1ccccc1)NCc1ccc(Cn2cncn2)cc1. The van der Waals surface area contributed by atoms with Gasteiger partial charge in [-0.1, -0.05) is 54.6 Å². The highest BCUT2D eigenvalue weighted by molar-refractivity contribution is 5.22. The number of hydrogen-bond donors (Lipinski definition) is 1. The second-order valence-electron chi connectivity index (χ2n) is 6.26. The summed E-state index contributed by atoms with van der Waals surface area (Å²) in [5.74, 6) is 0. The summed E-state index contributed by atoms with van der Waals surface area (Å²) < 4.78 is 28.3. The first kappa shape index (κ1) is 18.2. The number of nitrogens with zero attached hydrogens (tertiary/aromatic N) is 3. The van der Waals surface area contributed by atoms with Crippen LogP contribution in [0.2, 0.25) is 0 Å². The molecule has 0 saturated carbocycles. The lowest BCUT2D eigenvalue weighted by Crippen LogP contribution is -2.35. The molecule has 0 unspecified atom stereocenters. The first-order valence-corrected chi connectivity index (χ1v) is 8.66. The number of benzene rings is 2. The van der Waals surface area contributed by atoms with Crippen LogP contribution in [-0.2, 0) is 19.5 Å². The largest absolute Gasteiger partial charge is 0.305 e. The quantitative estimate of drug-likeness (QED) is 0.636. The summed E-state index contributed by atoms with van der Waals surface area (Å²) >= 11 is 0. The van der Waals surface area contributed by atoms with Gasteiger partial charge in [-0.2, -0.15) is 5.10 Å². The van der Waals surface area contributed by atoms with Gasteiger partial charge in [-0.15, -0.1) is 0 Å². The summed E-state index contributed by atoms with van der Waals surface area (Å²) in [6.45, 7) is 1.07. The molecule has 0 amide bonds. The molecule has 0 bridgehead atoms. The Morgan fingerprint density at radius 1 is 0.923 bits per heavy atom. The van der Waals surface area contributed by atoms with Crippen molar-refractivity contribution in [3.63, 3.8) is 0 Å². The monoisotopic (exact) mass is 356 g/mol. The fraction of sp³-hybridized carbons (Fsp3) is 0.300. The molecule has 0 aliphatic heterocycles. The van der Waals surface area contributed by atoms with Crippen LogP contribution in [0.1, 0.15) is 23.1 Å². The normalized spacial score (nSPS) is 12.4. The summed E-state index contributed by atoms with van der Waals surface area (Å²) in [6.07, 6.45) is 1.82. The standard InChI is InChI=1S/C20H22F2N4/c21-20(22)19(11-10-16-4-2-1-3-5-16)24-12-17-6-8-18(9-7-17)13-26-15-23-14-25-26/h1-9,14-15,19-20,24H,10-13H2/t19-/m0/s1. The van der Waals surface area contributed by atoms with E-state index < -0.39 is 12.5 Å². The molecular weight excluding hydrogens is 334 g/mol. The van der Waals surface area contributed by atoms with Crippen LogP contribution in [0, 0.1) is 0 Å². The highest BCUT2D eigenvalue weighted by atomic mass is 19.3. The minimum atomic E-state index is -2.38. The minimum absolute atomic E-state index is 0.409. The molecule has 4 nitrogen and oxygen atoms in total. The number of alkyl halides is 2. The van der Waals surface area contributed by atoms with E-state index in [1.54, 1.807) is 11.0 Å². The Kier molecular flexibility index (Phi) is 6.44. The Morgan fingerprint density at radius 2 is 1.65 bits per heavy atom. The van der Waals surface area contributed by atoms with Crippen LogP contribution in [0.4, 0.5) is 8.78 Å². The summed E-state index contributed by atoms with van der Waals surface area (Å²) in [6, 6.07) is 16.8. The van der Waals surface area contributed by atoms with Gasteiger partial charge in [0.1, 0.15) is 12.7 Å². The van der Waals surface area contributed by atoms with E-state index in [9.17, 15) is 8.78 Å². The van der Waals surface area contributed by atoms with Crippen molar-refractivity contribution in [3.05, 3.63) is 83.9 Å². The topological polar surface area (TPSA) is 42.7 Å². The Bertz CT molecular complexity index is 758. The highest BCUT2D eigenvalue weighted by Gasteiger charge is 2.19. The third-order valence-corrected chi connectivity index (χ3v) is 4.29. The van der Waals surface area contributed by atoms with Gasteiger partial charge in [0, 0.05) is 6.54 Å². The zero-order chi connectivity index (χ0) is 18.2. The summed E-state index contributed by atoms with van der Waals surface area (Å²) in [5.41, 5.74) is 3.16. The van der Waals surface area contributed by atoms with Gasteiger partial charge in [-0.3, -0.25) is 0 Å². The molecule has 0 saturated heterocycles. The highest BCUT2D eigenvalue weighted by Crippen LogP contribution is 2.12. The van der Waals surface area contributed by atoms with Gasteiger partial charge in [0.15, 0.2) is 0 Å². The maximum atomic E-state index is 13.3. The predicted octanol–water partition coefficient (Wildman–Crippen LogP) is 3.68. The maximum Gasteiger partial charge on any atom is 0.253 e. The van der Waals surface area contributed by atoms with Crippen molar-refractivity contribution in [3.8, 4) is 0 Å². The molecule has 1 heterocycles. The van der Waals surface area contributed by atoms with Crippen LogP contribution >= 0.6 is 0 Å². The third-order valence-electron chi connectivity index (χ3n) is 4.29. The molecule has 3 aromatic rings. The second kappa shape index (κ2) is 9.20. The van der Waals surface area contributed by atoms with E-state index in [0.717, 1.165) is 16.7 Å². The van der Waals surface area contributed by atoms with Crippen molar-refractivity contribution < 1.29 is 8.78 Å². The first-order chi connectivity index (χ1) is 12.7. The van der Waals surface area contributed by atoms with Crippen molar-refractivity contribution in [2.24, 2.45) is 0 Å². The lowest BCUT2D eigenvalue weighted by atomic mass is 10.0. The fourth-order valence-electron chi connectivity index (χ4n) is 2.80. The molecule has 0 radical (unpaired) electrons. The smallest absolute Gasteiger partial charge is 0.253 e. The van der Waals surface area contributed by atoms with Crippen LogP contribution in [0.15, 0.2) is 67.3 Å². The molecule has 3 rings (SSSR count). The molecule has 26 heavy (non-hydrogen) atoms. The summed E-state index contributed by atoms with van der Waals surface area (Å²) in [4.78, 5) is 3.91. The van der Waals surface area contributed by atoms with Crippen molar-refractivity contribution in [1.82, 2.24) is 20.1 Å². The van der Waals surface area contributed by atoms with Crippen LogP contribution < -0.4 is 5.32 Å². The Balaban J connectivity index is 1.50. The number of nitrogens with one attached hydrogen (secondary N) is 1. The van der Waals surface area contributed by atoms with Gasteiger partial charge in [0.2, 0.25) is 0 Å². The number of hydrogen-bond acceptors (Lipinski definition) is 3. The first-order valence-electron chi connectivity index (χ1n) is 8.66. The van der Waals surface area contributed by atoms with Gasteiger partial charge in [0.05, 0.1) is 12.6 Å². The Hall–Kier alpha value is -2.60. The molecule has 2 aromatic carbocycles. The maximum absolute atomic E-state index is 13.3. The average molecular weight is 356 g/mol. The third kappa shape index (κ3) is 5.46. The predicted molar refractivity (Wildman–Crippen MR) is 97.0 cm³/mol. The molecule has 0 fully saturated rings. The van der Waals surface area contributed by atoms with E-state index in [0.29, 0.717) is 25.9 Å². The van der Waals surface area contributed by atoms with E-state index in [2.05, 4.69) is 15.4 Å². The number of rotatable bonds is 9. The van der Waals surface area contributed by atoms with E-state index in [4.69, 9.17) is 0 Å². The molecule has 0 spiro atoms. The van der Waals surface area contributed by atoms with Crippen LogP contribution in [0.5, 0.6) is 0 Å². The number of aryl methyl sites for hydroxylation is 1. The van der Waals surface area contributed by atoms with Crippen LogP contribution in [0.25, 0.3) is 0 Å². The van der Waals surface area contributed by atoms with Crippen LogP contribution in [0.3, 0.4) is 0 Å². The zero-order valence-corrected chi connectivity index (χ0v) is 14.4. The Morgan fingerprint density at radius 3 is 2.31 bits per heavy atom. The van der Waals surface area contributed by atoms with Crippen LogP contribution in [-0.4, -0.2) is 27.2 Å². The van der Waals surface area contributed by atoms with E-state index in [1.807, 2.05) is 54.6 Å². The van der Waals surface area contributed by atoms with E-state index >= 15 is 0 Å². The molecule has 1 aromatic heterocycles. The minimum Gasteiger partial charge on any atom is -0.305 e. The van der Waals surface area contributed by atoms with Crippen molar-refractivity contribution >= 4 is 0 Å². The Labute approximate surface area is 151 Å². The average Bonchev–Trinajstić information content (AvgIpc) is 3.16. The van der Waals surface area contributed by atoms with Gasteiger partial charge in [0.25, 0.3) is 6.43 Å². The number of halogens is 2. The lowest BCUT2D eigenvalue weighted by Gasteiger charge is -2.18. The fourth-order valence-corrected chi connectivity index (χ4v) is 2.80. The molecule has 6 heteroatoms. The molecular formula is C20H22F2N4. The molecule has 0 aliphatic carbocycles. The molecule has 1 N–H and O–H groups in total. The second-order valence-corrected chi connectivity index (χ2v) is 6.26. The van der Waals surface area contributed by atoms with Gasteiger partial charge in [-0.25, -0.2) is 18.4 Å². The molecule has 1 atom stereocenters. The van der Waals surface area contributed by atoms with Crippen molar-refractivity contribution in [1.29, 1.82) is 0 Å².